The number of benzene rings is 2. The number of aromatic nitrogens is 1. The van der Waals surface area contributed by atoms with E-state index in [0.29, 0.717) is 6.54 Å². The van der Waals surface area contributed by atoms with Gasteiger partial charge in [-0.05, 0) is 42.2 Å². The molecule has 138 valence electrons. The Labute approximate surface area is 167 Å². The highest BCUT2D eigenvalue weighted by Crippen LogP contribution is 2.29. The Morgan fingerprint density at radius 3 is 2.89 bits per heavy atom. The number of aryl methyl sites for hydroxylation is 1. The summed E-state index contributed by atoms with van der Waals surface area (Å²) in [6, 6.07) is 15.6. The molecule has 27 heavy (non-hydrogen) atoms. The van der Waals surface area contributed by atoms with Crippen molar-refractivity contribution in [1.82, 2.24) is 10.3 Å². The van der Waals surface area contributed by atoms with E-state index in [1.54, 1.807) is 17.5 Å². The number of halogens is 1. The van der Waals surface area contributed by atoms with E-state index >= 15 is 0 Å². The Kier molecular flexibility index (Phi) is 5.41. The van der Waals surface area contributed by atoms with Crippen molar-refractivity contribution in [1.29, 1.82) is 0 Å². The normalized spacial score (nSPS) is 14.5. The predicted molar refractivity (Wildman–Crippen MR) is 111 cm³/mol. The summed E-state index contributed by atoms with van der Waals surface area (Å²) in [7, 11) is 0. The van der Waals surface area contributed by atoms with Crippen LogP contribution in [0, 0.1) is 0 Å². The minimum Gasteiger partial charge on any atom is -0.362 e. The summed E-state index contributed by atoms with van der Waals surface area (Å²) in [5.74, 6) is -0.0122. The molecule has 3 aromatic rings. The molecule has 2 heterocycles. The number of carbonyl (C=O) groups excluding carboxylic acids is 1. The summed E-state index contributed by atoms with van der Waals surface area (Å²) in [6.45, 7) is 1.19. The van der Waals surface area contributed by atoms with Gasteiger partial charge in [-0.3, -0.25) is 4.79 Å². The number of rotatable bonds is 5. The Hall–Kier alpha value is -2.37. The van der Waals surface area contributed by atoms with Crippen LogP contribution in [0.4, 0.5) is 5.69 Å². The molecule has 1 unspecified atom stereocenters. The van der Waals surface area contributed by atoms with E-state index in [-0.39, 0.29) is 11.9 Å². The van der Waals surface area contributed by atoms with Crippen molar-refractivity contribution in [2.75, 3.05) is 18.0 Å². The minimum absolute atomic E-state index is 0.0122. The van der Waals surface area contributed by atoms with Gasteiger partial charge >= 0.3 is 0 Å². The van der Waals surface area contributed by atoms with E-state index < -0.39 is 0 Å². The van der Waals surface area contributed by atoms with Crippen LogP contribution in [0.1, 0.15) is 28.6 Å². The third kappa shape index (κ3) is 4.15. The van der Waals surface area contributed by atoms with Crippen LogP contribution in [0.25, 0.3) is 0 Å². The van der Waals surface area contributed by atoms with Gasteiger partial charge in [0.2, 0.25) is 5.91 Å². The fraction of sp³-hybridized carbons (Fsp3) is 0.238. The van der Waals surface area contributed by atoms with Gasteiger partial charge in [-0.1, -0.05) is 41.9 Å². The molecule has 2 aromatic carbocycles. The molecule has 1 aliphatic rings. The van der Waals surface area contributed by atoms with Crippen molar-refractivity contribution in [2.45, 2.75) is 18.9 Å². The number of thiazole rings is 1. The molecule has 0 bridgehead atoms. The first kappa shape index (κ1) is 18.0. The zero-order valence-electron chi connectivity index (χ0n) is 14.8. The summed E-state index contributed by atoms with van der Waals surface area (Å²) >= 11 is 7.67. The molecular formula is C21H20ClN3OS. The minimum atomic E-state index is -0.229. The largest absolute Gasteiger partial charge is 0.362 e. The van der Waals surface area contributed by atoms with Gasteiger partial charge in [-0.2, -0.15) is 0 Å². The zero-order valence-corrected chi connectivity index (χ0v) is 16.3. The summed E-state index contributed by atoms with van der Waals surface area (Å²) in [5, 5.41) is 6.73. The molecule has 1 N–H and O–H groups in total. The Bertz CT molecular complexity index is 914. The molecule has 4 nitrogen and oxygen atoms in total. The number of carbonyl (C=O) groups is 1. The van der Waals surface area contributed by atoms with Crippen LogP contribution in [0.15, 0.2) is 60.1 Å². The molecule has 0 fully saturated rings. The van der Waals surface area contributed by atoms with E-state index in [9.17, 15) is 4.79 Å². The van der Waals surface area contributed by atoms with Crippen molar-refractivity contribution < 1.29 is 4.79 Å². The highest BCUT2D eigenvalue weighted by atomic mass is 35.5. The zero-order chi connectivity index (χ0) is 18.6. The van der Waals surface area contributed by atoms with Crippen LogP contribution in [0.3, 0.4) is 0 Å². The fourth-order valence-electron chi connectivity index (χ4n) is 3.50. The first-order valence-corrected chi connectivity index (χ1v) is 10.2. The van der Waals surface area contributed by atoms with Gasteiger partial charge < -0.3 is 10.2 Å². The third-order valence-corrected chi connectivity index (χ3v) is 5.80. The second kappa shape index (κ2) is 8.11. The van der Waals surface area contributed by atoms with Crippen molar-refractivity contribution >= 4 is 34.5 Å². The SMILES string of the molecule is O=C(CN1CCCc2cc(Cl)ccc21)NC(c1ccccc1)c1nccs1. The van der Waals surface area contributed by atoms with Gasteiger partial charge in [0.1, 0.15) is 11.0 Å². The first-order valence-electron chi connectivity index (χ1n) is 8.98. The molecule has 6 heteroatoms. The monoisotopic (exact) mass is 397 g/mol. The molecular weight excluding hydrogens is 378 g/mol. The van der Waals surface area contributed by atoms with Crippen molar-refractivity contribution in [3.8, 4) is 0 Å². The number of nitrogens with one attached hydrogen (secondary N) is 1. The van der Waals surface area contributed by atoms with E-state index in [2.05, 4.69) is 15.2 Å². The smallest absolute Gasteiger partial charge is 0.240 e. The van der Waals surface area contributed by atoms with Crippen molar-refractivity contribution in [3.05, 3.63) is 81.3 Å². The van der Waals surface area contributed by atoms with E-state index in [1.807, 2.05) is 53.9 Å². The lowest BCUT2D eigenvalue weighted by molar-refractivity contribution is -0.120. The Morgan fingerprint density at radius 1 is 1.26 bits per heavy atom. The first-order chi connectivity index (χ1) is 13.2. The molecule has 0 spiro atoms. The fourth-order valence-corrected chi connectivity index (χ4v) is 4.41. The number of anilines is 1. The number of hydrogen-bond acceptors (Lipinski definition) is 4. The van der Waals surface area contributed by atoms with Gasteiger partial charge in [0.05, 0.1) is 6.54 Å². The predicted octanol–water partition coefficient (Wildman–Crippen LogP) is 4.45. The molecule has 1 amide bonds. The lowest BCUT2D eigenvalue weighted by Gasteiger charge is -2.31. The summed E-state index contributed by atoms with van der Waals surface area (Å²) < 4.78 is 0. The number of hydrogen-bond donors (Lipinski definition) is 1. The van der Waals surface area contributed by atoms with Crippen LogP contribution in [0.5, 0.6) is 0 Å². The highest BCUT2D eigenvalue weighted by Gasteiger charge is 2.23. The molecule has 0 saturated heterocycles. The summed E-state index contributed by atoms with van der Waals surface area (Å²) in [4.78, 5) is 19.4. The standard InChI is InChI=1S/C21H20ClN3OS/c22-17-8-9-18-16(13-17)7-4-11-25(18)14-19(26)24-20(21-23-10-12-27-21)15-5-2-1-3-6-15/h1-3,5-6,8-10,12-13,20H,4,7,11,14H2,(H,24,26). The third-order valence-electron chi connectivity index (χ3n) is 4.73. The molecule has 0 aliphatic carbocycles. The topological polar surface area (TPSA) is 45.2 Å². The van der Waals surface area contributed by atoms with Gasteiger partial charge in [-0.25, -0.2) is 4.98 Å². The maximum absolute atomic E-state index is 12.9. The molecule has 0 radical (unpaired) electrons. The van der Waals surface area contributed by atoms with E-state index in [4.69, 9.17) is 11.6 Å². The van der Waals surface area contributed by atoms with E-state index in [0.717, 1.165) is 40.7 Å². The molecule has 0 saturated carbocycles. The maximum Gasteiger partial charge on any atom is 0.240 e. The van der Waals surface area contributed by atoms with Gasteiger partial charge in [0.25, 0.3) is 0 Å². The lowest BCUT2D eigenvalue weighted by Crippen LogP contribution is -2.41. The highest BCUT2D eigenvalue weighted by molar-refractivity contribution is 7.09. The van der Waals surface area contributed by atoms with Gasteiger partial charge in [0.15, 0.2) is 0 Å². The van der Waals surface area contributed by atoms with Crippen LogP contribution in [-0.2, 0) is 11.2 Å². The number of fused-ring (bicyclic) bond motifs is 1. The van der Waals surface area contributed by atoms with Crippen molar-refractivity contribution in [3.63, 3.8) is 0 Å². The molecule has 4 rings (SSSR count). The molecule has 1 atom stereocenters. The average molecular weight is 398 g/mol. The van der Waals surface area contributed by atoms with Crippen LogP contribution in [-0.4, -0.2) is 24.0 Å². The van der Waals surface area contributed by atoms with Gasteiger partial charge in [0, 0.05) is 28.8 Å². The quantitative estimate of drug-likeness (QED) is 0.691. The molecule has 1 aliphatic heterocycles. The summed E-state index contributed by atoms with van der Waals surface area (Å²) in [5.41, 5.74) is 3.35. The van der Waals surface area contributed by atoms with Crippen molar-refractivity contribution in [2.24, 2.45) is 0 Å². The van der Waals surface area contributed by atoms with E-state index in [1.165, 1.54) is 5.56 Å². The second-order valence-electron chi connectivity index (χ2n) is 6.58. The number of nitrogens with zero attached hydrogens (tertiary/aromatic N) is 2. The summed E-state index contributed by atoms with van der Waals surface area (Å²) in [6.07, 6.45) is 3.79. The van der Waals surface area contributed by atoms with Crippen LogP contribution < -0.4 is 10.2 Å². The lowest BCUT2D eigenvalue weighted by atomic mass is 10.0. The second-order valence-corrected chi connectivity index (χ2v) is 7.94. The molecule has 1 aromatic heterocycles. The average Bonchev–Trinajstić information content (AvgIpc) is 3.21. The van der Waals surface area contributed by atoms with Crippen LogP contribution >= 0.6 is 22.9 Å². The maximum atomic E-state index is 12.9. The number of amides is 1. The van der Waals surface area contributed by atoms with Crippen LogP contribution in [0.2, 0.25) is 5.02 Å². The Morgan fingerprint density at radius 2 is 2.11 bits per heavy atom. The van der Waals surface area contributed by atoms with Gasteiger partial charge in [-0.15, -0.1) is 11.3 Å². The Balaban J connectivity index is 1.52.